The molecule has 2 N–H and O–H groups in total. The van der Waals surface area contributed by atoms with Crippen LogP contribution in [0.1, 0.15) is 38.5 Å². The van der Waals surface area contributed by atoms with Gasteiger partial charge in [-0.25, -0.2) is 4.98 Å². The predicted molar refractivity (Wildman–Crippen MR) is 91.4 cm³/mol. The number of nitrogens with two attached hydrogens (primary N) is 1. The maximum absolute atomic E-state index is 12.3. The van der Waals surface area contributed by atoms with E-state index in [-0.39, 0.29) is 11.9 Å². The van der Waals surface area contributed by atoms with Crippen LogP contribution in [0.2, 0.25) is 5.15 Å². The van der Waals surface area contributed by atoms with E-state index in [4.69, 9.17) is 17.3 Å². The van der Waals surface area contributed by atoms with Gasteiger partial charge < -0.3 is 15.5 Å². The highest BCUT2D eigenvalue weighted by Gasteiger charge is 2.23. The summed E-state index contributed by atoms with van der Waals surface area (Å²) >= 11 is 5.93. The third-order valence-corrected chi connectivity index (χ3v) is 5.09. The van der Waals surface area contributed by atoms with E-state index in [1.165, 1.54) is 25.7 Å². The molecule has 0 aromatic carbocycles. The molecule has 0 unspecified atom stereocenters. The predicted octanol–water partition coefficient (Wildman–Crippen LogP) is 2.33. The number of carbonyl (C=O) groups is 1. The van der Waals surface area contributed by atoms with Gasteiger partial charge in [0.15, 0.2) is 0 Å². The second-order valence-corrected chi connectivity index (χ2v) is 6.85. The number of halogens is 1. The van der Waals surface area contributed by atoms with E-state index < -0.39 is 0 Å². The number of amides is 1. The van der Waals surface area contributed by atoms with Crippen molar-refractivity contribution in [1.29, 1.82) is 0 Å². The van der Waals surface area contributed by atoms with Gasteiger partial charge in [-0.3, -0.25) is 4.79 Å². The van der Waals surface area contributed by atoms with Crippen LogP contribution in [0.5, 0.6) is 0 Å². The van der Waals surface area contributed by atoms with Crippen molar-refractivity contribution >= 4 is 29.3 Å². The maximum Gasteiger partial charge on any atom is 0.223 e. The normalized spacial score (nSPS) is 19.3. The van der Waals surface area contributed by atoms with E-state index in [2.05, 4.69) is 14.9 Å². The zero-order valence-corrected chi connectivity index (χ0v) is 14.1. The minimum absolute atomic E-state index is 0.183. The van der Waals surface area contributed by atoms with Crippen LogP contribution in [-0.2, 0) is 4.79 Å². The summed E-state index contributed by atoms with van der Waals surface area (Å²) in [7, 11) is 0. The second-order valence-electron chi connectivity index (χ2n) is 6.46. The van der Waals surface area contributed by atoms with E-state index in [0.29, 0.717) is 11.6 Å². The van der Waals surface area contributed by atoms with Crippen LogP contribution in [0, 0.1) is 5.92 Å². The summed E-state index contributed by atoms with van der Waals surface area (Å²) in [6.45, 7) is 2.96. The first-order valence-electron chi connectivity index (χ1n) is 8.44. The van der Waals surface area contributed by atoms with Crippen molar-refractivity contribution in [2.24, 2.45) is 5.92 Å². The molecule has 0 spiro atoms. The Hall–Kier alpha value is -1.56. The molecule has 3 rings (SSSR count). The number of piperazine rings is 1. The standard InChI is InChI=1S/C16H24ClN5O/c17-13-11-14(20-16(18)19-13)21-7-9-22(10-8-21)15(23)6-5-12-3-1-2-4-12/h11-12H,1-10H2,(H2,18,19,20). The highest BCUT2D eigenvalue weighted by Crippen LogP contribution is 2.28. The van der Waals surface area contributed by atoms with Crippen molar-refractivity contribution in [2.75, 3.05) is 36.8 Å². The number of rotatable bonds is 4. The molecular formula is C16H24ClN5O. The van der Waals surface area contributed by atoms with Crippen molar-refractivity contribution in [3.05, 3.63) is 11.2 Å². The Morgan fingerprint density at radius 1 is 1.22 bits per heavy atom. The fourth-order valence-electron chi connectivity index (χ4n) is 3.55. The van der Waals surface area contributed by atoms with E-state index in [0.717, 1.165) is 44.3 Å². The number of nitrogens with zero attached hydrogens (tertiary/aromatic N) is 4. The van der Waals surface area contributed by atoms with Crippen LogP contribution < -0.4 is 10.6 Å². The van der Waals surface area contributed by atoms with Crippen LogP contribution in [0.3, 0.4) is 0 Å². The van der Waals surface area contributed by atoms with Gasteiger partial charge in [0.25, 0.3) is 0 Å². The lowest BCUT2D eigenvalue weighted by Crippen LogP contribution is -2.49. The van der Waals surface area contributed by atoms with Gasteiger partial charge in [-0.05, 0) is 12.3 Å². The fourth-order valence-corrected chi connectivity index (χ4v) is 3.74. The van der Waals surface area contributed by atoms with E-state index in [1.54, 1.807) is 6.07 Å². The molecule has 1 saturated heterocycles. The van der Waals surface area contributed by atoms with Crippen LogP contribution in [0.25, 0.3) is 0 Å². The minimum atomic E-state index is 0.183. The number of nitrogen functional groups attached to an aromatic ring is 1. The number of hydrogen-bond acceptors (Lipinski definition) is 5. The molecule has 0 bridgehead atoms. The van der Waals surface area contributed by atoms with Gasteiger partial charge in [0.2, 0.25) is 11.9 Å². The molecule has 1 saturated carbocycles. The molecule has 7 heteroatoms. The fraction of sp³-hybridized carbons (Fsp3) is 0.688. The van der Waals surface area contributed by atoms with Gasteiger partial charge in [0, 0.05) is 38.7 Å². The molecule has 2 heterocycles. The summed E-state index contributed by atoms with van der Waals surface area (Å²) in [5.74, 6) is 1.98. The summed E-state index contributed by atoms with van der Waals surface area (Å²) in [5, 5.41) is 0.350. The number of carbonyl (C=O) groups excluding carboxylic acids is 1. The molecule has 0 atom stereocenters. The Bertz CT molecular complexity index is 533. The van der Waals surface area contributed by atoms with Crippen molar-refractivity contribution in [1.82, 2.24) is 14.9 Å². The van der Waals surface area contributed by atoms with Gasteiger partial charge >= 0.3 is 0 Å². The lowest BCUT2D eigenvalue weighted by molar-refractivity contribution is -0.131. The quantitative estimate of drug-likeness (QED) is 0.853. The summed E-state index contributed by atoms with van der Waals surface area (Å²) in [6.07, 6.45) is 7.02. The Kier molecular flexibility index (Phi) is 5.20. The molecule has 1 aromatic heterocycles. The molecule has 1 aliphatic carbocycles. The van der Waals surface area contributed by atoms with Crippen molar-refractivity contribution in [3.8, 4) is 0 Å². The molecule has 23 heavy (non-hydrogen) atoms. The molecule has 1 aliphatic heterocycles. The second kappa shape index (κ2) is 7.34. The summed E-state index contributed by atoms with van der Waals surface area (Å²) in [6, 6.07) is 1.72. The van der Waals surface area contributed by atoms with Crippen molar-refractivity contribution in [2.45, 2.75) is 38.5 Å². The van der Waals surface area contributed by atoms with Crippen LogP contribution in [0.15, 0.2) is 6.07 Å². The number of aromatic nitrogens is 2. The molecular weight excluding hydrogens is 314 g/mol. The lowest BCUT2D eigenvalue weighted by atomic mass is 10.0. The van der Waals surface area contributed by atoms with E-state index >= 15 is 0 Å². The van der Waals surface area contributed by atoms with E-state index in [9.17, 15) is 4.79 Å². The zero-order chi connectivity index (χ0) is 16.2. The van der Waals surface area contributed by atoms with Crippen LogP contribution in [0.4, 0.5) is 11.8 Å². The number of anilines is 2. The maximum atomic E-state index is 12.3. The minimum Gasteiger partial charge on any atom is -0.368 e. The van der Waals surface area contributed by atoms with Crippen LogP contribution in [-0.4, -0.2) is 47.0 Å². The Labute approximate surface area is 142 Å². The molecule has 126 valence electrons. The summed E-state index contributed by atoms with van der Waals surface area (Å²) in [5.41, 5.74) is 5.64. The SMILES string of the molecule is Nc1nc(Cl)cc(N2CCN(C(=O)CCC3CCCC3)CC2)n1. The monoisotopic (exact) mass is 337 g/mol. The van der Waals surface area contributed by atoms with Crippen LogP contribution >= 0.6 is 11.6 Å². The average molecular weight is 338 g/mol. The summed E-state index contributed by atoms with van der Waals surface area (Å²) < 4.78 is 0. The largest absolute Gasteiger partial charge is 0.368 e. The van der Waals surface area contributed by atoms with E-state index in [1.807, 2.05) is 4.90 Å². The van der Waals surface area contributed by atoms with Gasteiger partial charge in [-0.2, -0.15) is 4.98 Å². The van der Waals surface area contributed by atoms with Gasteiger partial charge in [0.1, 0.15) is 11.0 Å². The molecule has 1 amide bonds. The smallest absolute Gasteiger partial charge is 0.223 e. The van der Waals surface area contributed by atoms with Gasteiger partial charge in [-0.15, -0.1) is 0 Å². The first-order valence-corrected chi connectivity index (χ1v) is 8.82. The Balaban J connectivity index is 1.48. The Morgan fingerprint density at radius 2 is 1.91 bits per heavy atom. The first kappa shape index (κ1) is 16.3. The first-order chi connectivity index (χ1) is 11.1. The molecule has 2 fully saturated rings. The van der Waals surface area contributed by atoms with Crippen molar-refractivity contribution < 1.29 is 4.79 Å². The van der Waals surface area contributed by atoms with Crippen molar-refractivity contribution in [3.63, 3.8) is 0 Å². The third-order valence-electron chi connectivity index (χ3n) is 4.90. The Morgan fingerprint density at radius 3 is 2.57 bits per heavy atom. The molecule has 1 aromatic rings. The molecule has 2 aliphatic rings. The lowest BCUT2D eigenvalue weighted by Gasteiger charge is -2.35. The average Bonchev–Trinajstić information content (AvgIpc) is 3.05. The molecule has 6 nitrogen and oxygen atoms in total. The highest BCUT2D eigenvalue weighted by atomic mass is 35.5. The molecule has 0 radical (unpaired) electrons. The summed E-state index contributed by atoms with van der Waals surface area (Å²) in [4.78, 5) is 24.5. The van der Waals surface area contributed by atoms with Gasteiger partial charge in [0.05, 0.1) is 0 Å². The number of hydrogen-bond donors (Lipinski definition) is 1. The third kappa shape index (κ3) is 4.25. The van der Waals surface area contributed by atoms with Gasteiger partial charge in [-0.1, -0.05) is 37.3 Å². The topological polar surface area (TPSA) is 75.3 Å². The highest BCUT2D eigenvalue weighted by molar-refractivity contribution is 6.29. The zero-order valence-electron chi connectivity index (χ0n) is 13.4.